The Labute approximate surface area is 114 Å². The number of rotatable bonds is 5. The third kappa shape index (κ3) is 2.73. The first-order chi connectivity index (χ1) is 9.04. The van der Waals surface area contributed by atoms with Gasteiger partial charge in [0, 0.05) is 6.04 Å². The van der Waals surface area contributed by atoms with E-state index in [0.29, 0.717) is 16.2 Å². The lowest BCUT2D eigenvalue weighted by Crippen LogP contribution is -2.07. The van der Waals surface area contributed by atoms with Crippen molar-refractivity contribution in [2.24, 2.45) is 0 Å². The molecule has 0 aliphatic rings. The van der Waals surface area contributed by atoms with Crippen molar-refractivity contribution >= 4 is 28.8 Å². The molecule has 6 heteroatoms. The van der Waals surface area contributed by atoms with E-state index in [9.17, 15) is 9.18 Å². The molecule has 0 amide bonds. The molecular formula is C13H15FN2O2S. The van der Waals surface area contributed by atoms with E-state index in [2.05, 4.69) is 4.98 Å². The zero-order chi connectivity index (χ0) is 14.0. The Hall–Kier alpha value is -1.56. The molecule has 1 heterocycles. The Morgan fingerprint density at radius 2 is 2.32 bits per heavy atom. The molecule has 0 radical (unpaired) electrons. The quantitative estimate of drug-likeness (QED) is 0.855. The van der Waals surface area contributed by atoms with Crippen LogP contribution in [-0.4, -0.2) is 26.4 Å². The van der Waals surface area contributed by atoms with E-state index in [4.69, 9.17) is 5.11 Å². The van der Waals surface area contributed by atoms with Gasteiger partial charge in [-0.25, -0.2) is 9.37 Å². The van der Waals surface area contributed by atoms with Crippen LogP contribution >= 0.6 is 11.8 Å². The number of halogens is 1. The summed E-state index contributed by atoms with van der Waals surface area (Å²) in [6, 6.07) is 4.96. The minimum Gasteiger partial charge on any atom is -0.481 e. The van der Waals surface area contributed by atoms with Crippen LogP contribution in [0.15, 0.2) is 23.4 Å². The van der Waals surface area contributed by atoms with Crippen molar-refractivity contribution in [1.82, 2.24) is 9.55 Å². The molecule has 19 heavy (non-hydrogen) atoms. The number of nitrogens with zero attached hydrogens (tertiary/aromatic N) is 2. The van der Waals surface area contributed by atoms with Crippen molar-refractivity contribution in [2.75, 3.05) is 5.75 Å². The fourth-order valence-corrected chi connectivity index (χ4v) is 2.72. The summed E-state index contributed by atoms with van der Waals surface area (Å²) in [6.45, 7) is 4.04. The van der Waals surface area contributed by atoms with E-state index in [1.54, 1.807) is 6.07 Å². The first kappa shape index (κ1) is 13.9. The summed E-state index contributed by atoms with van der Waals surface area (Å²) in [5, 5.41) is 9.31. The highest BCUT2D eigenvalue weighted by Crippen LogP contribution is 2.30. The topological polar surface area (TPSA) is 55.1 Å². The number of imidazole rings is 1. The SMILES string of the molecule is CCC(C)n1c(SCC(=O)O)nc2c(F)cccc21. The fraction of sp³-hybridized carbons (Fsp3) is 0.385. The lowest BCUT2D eigenvalue weighted by molar-refractivity contribution is -0.133. The van der Waals surface area contributed by atoms with Crippen molar-refractivity contribution < 1.29 is 14.3 Å². The third-order valence-corrected chi connectivity index (χ3v) is 3.93. The molecule has 2 aromatic rings. The van der Waals surface area contributed by atoms with Crippen LogP contribution in [0.1, 0.15) is 26.3 Å². The number of para-hydroxylation sites is 1. The van der Waals surface area contributed by atoms with Gasteiger partial charge in [-0.3, -0.25) is 4.79 Å². The first-order valence-electron chi connectivity index (χ1n) is 6.05. The van der Waals surface area contributed by atoms with Gasteiger partial charge in [0.1, 0.15) is 5.52 Å². The second kappa shape index (κ2) is 5.61. The average Bonchev–Trinajstić information content (AvgIpc) is 2.75. The van der Waals surface area contributed by atoms with Crippen LogP contribution in [0, 0.1) is 5.82 Å². The Morgan fingerprint density at radius 3 is 2.95 bits per heavy atom. The van der Waals surface area contributed by atoms with Crippen LogP contribution in [-0.2, 0) is 4.79 Å². The molecule has 0 fully saturated rings. The second-order valence-corrected chi connectivity index (χ2v) is 5.25. The number of fused-ring (bicyclic) bond motifs is 1. The number of benzene rings is 1. The molecule has 1 aromatic carbocycles. The lowest BCUT2D eigenvalue weighted by Gasteiger charge is -2.14. The van der Waals surface area contributed by atoms with Gasteiger partial charge in [-0.05, 0) is 25.5 Å². The fourth-order valence-electron chi connectivity index (χ4n) is 1.90. The number of carbonyl (C=O) groups is 1. The van der Waals surface area contributed by atoms with E-state index >= 15 is 0 Å². The molecule has 0 aliphatic carbocycles. The highest BCUT2D eigenvalue weighted by atomic mass is 32.2. The summed E-state index contributed by atoms with van der Waals surface area (Å²) in [5.41, 5.74) is 1.01. The van der Waals surface area contributed by atoms with Crippen molar-refractivity contribution in [3.05, 3.63) is 24.0 Å². The zero-order valence-electron chi connectivity index (χ0n) is 10.8. The molecule has 0 spiro atoms. The lowest BCUT2D eigenvalue weighted by atomic mass is 10.2. The van der Waals surface area contributed by atoms with Crippen molar-refractivity contribution in [3.63, 3.8) is 0 Å². The molecule has 1 N–H and O–H groups in total. The molecule has 0 bridgehead atoms. The highest BCUT2D eigenvalue weighted by molar-refractivity contribution is 7.99. The summed E-state index contributed by atoms with van der Waals surface area (Å²) in [4.78, 5) is 14.9. The van der Waals surface area contributed by atoms with Crippen LogP contribution in [0.25, 0.3) is 11.0 Å². The minimum absolute atomic E-state index is 0.0820. The Balaban J connectivity index is 2.54. The maximum absolute atomic E-state index is 13.7. The van der Waals surface area contributed by atoms with E-state index in [-0.39, 0.29) is 17.6 Å². The summed E-state index contributed by atoms with van der Waals surface area (Å²) in [5.74, 6) is -1.37. The zero-order valence-corrected chi connectivity index (χ0v) is 11.6. The van der Waals surface area contributed by atoms with Crippen molar-refractivity contribution in [2.45, 2.75) is 31.5 Å². The van der Waals surface area contributed by atoms with Gasteiger partial charge in [-0.1, -0.05) is 24.8 Å². The van der Waals surface area contributed by atoms with Gasteiger partial charge in [0.25, 0.3) is 0 Å². The Morgan fingerprint density at radius 1 is 1.58 bits per heavy atom. The number of carboxylic acids is 1. The molecule has 4 nitrogen and oxygen atoms in total. The normalized spacial score (nSPS) is 12.8. The Kier molecular flexibility index (Phi) is 4.09. The maximum atomic E-state index is 13.7. The predicted octanol–water partition coefficient (Wildman–Crippen LogP) is 3.32. The number of thioether (sulfide) groups is 1. The van der Waals surface area contributed by atoms with Crippen LogP contribution in [0.5, 0.6) is 0 Å². The standard InChI is InChI=1S/C13H15FN2O2S/c1-3-8(2)16-10-6-4-5-9(14)12(10)15-13(16)19-7-11(17)18/h4-6,8H,3,7H2,1-2H3,(H,17,18). The van der Waals surface area contributed by atoms with Gasteiger partial charge in [-0.2, -0.15) is 0 Å². The smallest absolute Gasteiger partial charge is 0.313 e. The molecule has 0 aliphatic heterocycles. The van der Waals surface area contributed by atoms with E-state index in [1.807, 2.05) is 24.5 Å². The number of hydrogen-bond acceptors (Lipinski definition) is 3. The number of carboxylic acid groups (broad SMARTS) is 1. The van der Waals surface area contributed by atoms with Crippen LogP contribution in [0.2, 0.25) is 0 Å². The number of hydrogen-bond donors (Lipinski definition) is 1. The van der Waals surface area contributed by atoms with Gasteiger partial charge in [0.05, 0.1) is 11.3 Å². The van der Waals surface area contributed by atoms with Crippen LogP contribution in [0.4, 0.5) is 4.39 Å². The molecule has 1 atom stereocenters. The largest absolute Gasteiger partial charge is 0.481 e. The van der Waals surface area contributed by atoms with E-state index in [0.717, 1.165) is 18.2 Å². The predicted molar refractivity (Wildman–Crippen MR) is 73.1 cm³/mol. The monoisotopic (exact) mass is 282 g/mol. The van der Waals surface area contributed by atoms with Gasteiger partial charge >= 0.3 is 5.97 Å². The molecular weight excluding hydrogens is 267 g/mol. The van der Waals surface area contributed by atoms with Gasteiger partial charge in [-0.15, -0.1) is 0 Å². The highest BCUT2D eigenvalue weighted by Gasteiger charge is 2.18. The second-order valence-electron chi connectivity index (χ2n) is 4.31. The number of aromatic nitrogens is 2. The van der Waals surface area contributed by atoms with Crippen LogP contribution in [0.3, 0.4) is 0 Å². The van der Waals surface area contributed by atoms with Crippen molar-refractivity contribution in [1.29, 1.82) is 0 Å². The summed E-state index contributed by atoms with van der Waals surface area (Å²) < 4.78 is 15.7. The third-order valence-electron chi connectivity index (χ3n) is 2.99. The first-order valence-corrected chi connectivity index (χ1v) is 7.04. The van der Waals surface area contributed by atoms with Gasteiger partial charge in [0.15, 0.2) is 11.0 Å². The van der Waals surface area contributed by atoms with E-state index < -0.39 is 5.97 Å². The summed E-state index contributed by atoms with van der Waals surface area (Å²) in [6.07, 6.45) is 0.864. The summed E-state index contributed by atoms with van der Waals surface area (Å²) >= 11 is 1.12. The van der Waals surface area contributed by atoms with E-state index in [1.165, 1.54) is 6.07 Å². The summed E-state index contributed by atoms with van der Waals surface area (Å²) in [7, 11) is 0. The Bertz CT molecular complexity index is 612. The average molecular weight is 282 g/mol. The van der Waals surface area contributed by atoms with Crippen molar-refractivity contribution in [3.8, 4) is 0 Å². The molecule has 0 saturated carbocycles. The molecule has 1 aromatic heterocycles. The molecule has 1 unspecified atom stereocenters. The molecule has 0 saturated heterocycles. The van der Waals surface area contributed by atoms with Crippen LogP contribution < -0.4 is 0 Å². The van der Waals surface area contributed by atoms with Gasteiger partial charge < -0.3 is 9.67 Å². The molecule has 102 valence electrons. The maximum Gasteiger partial charge on any atom is 0.313 e. The van der Waals surface area contributed by atoms with Gasteiger partial charge in [0.2, 0.25) is 0 Å². The number of aliphatic carboxylic acids is 1. The minimum atomic E-state index is -0.909. The molecule has 2 rings (SSSR count).